The molecule has 1 N–H and O–H groups in total. The predicted molar refractivity (Wildman–Crippen MR) is 151 cm³/mol. The van der Waals surface area contributed by atoms with Gasteiger partial charge in [0.25, 0.3) is 0 Å². The Bertz CT molecular complexity index is 1230. The fraction of sp³-hybridized carbons (Fsp3) is 0.379. The molecule has 1 fully saturated rings. The van der Waals surface area contributed by atoms with Crippen molar-refractivity contribution < 1.29 is 9.59 Å². The molecule has 3 aromatic rings. The Labute approximate surface area is 229 Å². The molecule has 1 aliphatic heterocycles. The summed E-state index contributed by atoms with van der Waals surface area (Å²) in [5.41, 5.74) is 2.14. The first-order chi connectivity index (χ1) is 18.2. The largest absolute Gasteiger partial charge is 0.353 e. The van der Waals surface area contributed by atoms with Gasteiger partial charge in [0, 0.05) is 43.8 Å². The molecular weight excluding hydrogens is 500 g/mol. The van der Waals surface area contributed by atoms with Gasteiger partial charge in [-0.1, -0.05) is 60.1 Å². The van der Waals surface area contributed by atoms with Gasteiger partial charge in [-0.2, -0.15) is 0 Å². The summed E-state index contributed by atoms with van der Waals surface area (Å²) in [6.07, 6.45) is 0.798. The van der Waals surface area contributed by atoms with Crippen molar-refractivity contribution >= 4 is 29.4 Å². The Morgan fingerprint density at radius 3 is 2.34 bits per heavy atom. The Hall–Kier alpha value is -3.65. The zero-order chi connectivity index (χ0) is 27.1. The lowest BCUT2D eigenvalue weighted by atomic mass is 10.1. The molecular formula is C29H35ClN6O2. The predicted octanol–water partition coefficient (Wildman–Crippen LogP) is 4.85. The Balaban J connectivity index is 1.39. The lowest BCUT2D eigenvalue weighted by Gasteiger charge is -2.30. The van der Waals surface area contributed by atoms with E-state index in [4.69, 9.17) is 11.6 Å². The number of carbonyl (C=O) groups excluding carboxylic acids is 2. The zero-order valence-corrected chi connectivity index (χ0v) is 23.0. The Kier molecular flexibility index (Phi) is 8.84. The summed E-state index contributed by atoms with van der Waals surface area (Å²) < 4.78 is 0. The zero-order valence-electron chi connectivity index (χ0n) is 22.2. The number of amides is 3. The third-order valence-electron chi connectivity index (χ3n) is 6.28. The van der Waals surface area contributed by atoms with Gasteiger partial charge in [-0.3, -0.25) is 4.79 Å². The second kappa shape index (κ2) is 12.3. The minimum atomic E-state index is -0.402. The average molecular weight is 535 g/mol. The molecule has 0 aliphatic carbocycles. The van der Waals surface area contributed by atoms with Crippen LogP contribution in [0.25, 0.3) is 11.3 Å². The van der Waals surface area contributed by atoms with Crippen LogP contribution >= 0.6 is 11.6 Å². The molecule has 9 heteroatoms. The Morgan fingerprint density at radius 2 is 1.66 bits per heavy atom. The van der Waals surface area contributed by atoms with Gasteiger partial charge in [0.1, 0.15) is 6.54 Å². The summed E-state index contributed by atoms with van der Waals surface area (Å²) in [6, 6.07) is 20.9. The third-order valence-corrected chi connectivity index (χ3v) is 6.61. The van der Waals surface area contributed by atoms with Gasteiger partial charge < -0.3 is 20.0 Å². The molecule has 0 bridgehead atoms. The highest BCUT2D eigenvalue weighted by Crippen LogP contribution is 2.26. The summed E-state index contributed by atoms with van der Waals surface area (Å²) >= 11 is 6.30. The first-order valence-corrected chi connectivity index (χ1v) is 13.3. The molecule has 0 atom stereocenters. The van der Waals surface area contributed by atoms with Crippen LogP contribution in [0, 0.1) is 0 Å². The lowest BCUT2D eigenvalue weighted by Crippen LogP contribution is -2.51. The summed E-state index contributed by atoms with van der Waals surface area (Å²) in [6.45, 7) is 8.75. The van der Waals surface area contributed by atoms with E-state index in [1.807, 2.05) is 92.4 Å². The maximum absolute atomic E-state index is 13.3. The molecule has 38 heavy (non-hydrogen) atoms. The van der Waals surface area contributed by atoms with E-state index in [1.54, 1.807) is 4.90 Å². The topological polar surface area (TPSA) is 81.7 Å². The number of carbonyl (C=O) groups is 2. The molecule has 8 nitrogen and oxygen atoms in total. The van der Waals surface area contributed by atoms with Gasteiger partial charge in [-0.15, -0.1) is 10.2 Å². The minimum Gasteiger partial charge on any atom is -0.353 e. The van der Waals surface area contributed by atoms with Gasteiger partial charge in [0.15, 0.2) is 5.82 Å². The molecule has 4 rings (SSSR count). The quantitative estimate of drug-likeness (QED) is 0.489. The molecule has 1 aromatic heterocycles. The Morgan fingerprint density at radius 1 is 0.921 bits per heavy atom. The highest BCUT2D eigenvalue weighted by atomic mass is 35.5. The van der Waals surface area contributed by atoms with Crippen LogP contribution in [-0.4, -0.2) is 70.2 Å². The summed E-state index contributed by atoms with van der Waals surface area (Å²) in [5, 5.41) is 12.5. The van der Waals surface area contributed by atoms with Gasteiger partial charge in [-0.05, 0) is 51.0 Å². The normalized spacial score (nSPS) is 14.1. The lowest BCUT2D eigenvalue weighted by molar-refractivity contribution is -0.131. The van der Waals surface area contributed by atoms with Crippen molar-refractivity contribution in [1.82, 2.24) is 25.3 Å². The van der Waals surface area contributed by atoms with Crippen molar-refractivity contribution in [2.75, 3.05) is 37.6 Å². The molecule has 200 valence electrons. The van der Waals surface area contributed by atoms with Crippen LogP contribution in [0.2, 0.25) is 5.02 Å². The number of nitrogens with one attached hydrogen (secondary N) is 1. The molecule has 3 amide bonds. The monoisotopic (exact) mass is 534 g/mol. The van der Waals surface area contributed by atoms with E-state index in [1.165, 1.54) is 0 Å². The molecule has 1 saturated heterocycles. The number of urea groups is 1. The molecule has 0 saturated carbocycles. The highest BCUT2D eigenvalue weighted by molar-refractivity contribution is 6.33. The van der Waals surface area contributed by atoms with E-state index in [0.717, 1.165) is 35.6 Å². The second-order valence-electron chi connectivity index (χ2n) is 10.5. The first kappa shape index (κ1) is 27.4. The number of rotatable bonds is 6. The number of nitrogens with zero attached hydrogens (tertiary/aromatic N) is 5. The van der Waals surface area contributed by atoms with Gasteiger partial charge in [-0.25, -0.2) is 4.79 Å². The molecule has 2 heterocycles. The molecule has 2 aromatic carbocycles. The molecule has 0 radical (unpaired) electrons. The van der Waals surface area contributed by atoms with Crippen LogP contribution in [0.4, 0.5) is 10.6 Å². The van der Waals surface area contributed by atoms with Crippen molar-refractivity contribution in [3.8, 4) is 11.3 Å². The number of halogens is 1. The van der Waals surface area contributed by atoms with Crippen LogP contribution < -0.4 is 10.2 Å². The van der Waals surface area contributed by atoms with Crippen molar-refractivity contribution in [2.45, 2.75) is 39.3 Å². The van der Waals surface area contributed by atoms with Gasteiger partial charge in [0.2, 0.25) is 5.91 Å². The summed E-state index contributed by atoms with van der Waals surface area (Å²) in [7, 11) is 0. The first-order valence-electron chi connectivity index (χ1n) is 12.9. The molecule has 1 aliphatic rings. The van der Waals surface area contributed by atoms with Crippen LogP contribution in [0.3, 0.4) is 0 Å². The average Bonchev–Trinajstić information content (AvgIpc) is 3.15. The molecule has 0 unspecified atom stereocenters. The van der Waals surface area contributed by atoms with E-state index < -0.39 is 5.54 Å². The SMILES string of the molecule is CC(C)(C)NC(=O)N(CC(=O)N1CCCN(c2ccc(-c3ccccc3Cl)nn2)CC1)Cc1ccccc1. The van der Waals surface area contributed by atoms with E-state index in [2.05, 4.69) is 20.4 Å². The van der Waals surface area contributed by atoms with E-state index in [0.29, 0.717) is 31.2 Å². The van der Waals surface area contributed by atoms with Gasteiger partial charge in [0.05, 0.1) is 10.7 Å². The number of aromatic nitrogens is 2. The van der Waals surface area contributed by atoms with E-state index in [9.17, 15) is 9.59 Å². The van der Waals surface area contributed by atoms with Crippen molar-refractivity contribution in [3.05, 3.63) is 77.3 Å². The molecule has 0 spiro atoms. The summed E-state index contributed by atoms with van der Waals surface area (Å²) in [4.78, 5) is 32.0. The standard InChI is InChI=1S/C29H35ClN6O2/c1-29(2,3)31-28(38)36(20-22-10-5-4-6-11-22)21-27(37)35-17-9-16-34(18-19-35)26-15-14-25(32-33-26)23-12-7-8-13-24(23)30/h4-8,10-15H,9,16-21H2,1-3H3,(H,31,38). The highest BCUT2D eigenvalue weighted by Gasteiger charge is 2.26. The van der Waals surface area contributed by atoms with Crippen molar-refractivity contribution in [3.63, 3.8) is 0 Å². The number of hydrogen-bond acceptors (Lipinski definition) is 5. The number of anilines is 1. The number of hydrogen-bond donors (Lipinski definition) is 1. The van der Waals surface area contributed by atoms with Gasteiger partial charge >= 0.3 is 6.03 Å². The fourth-order valence-electron chi connectivity index (χ4n) is 4.37. The van der Waals surface area contributed by atoms with Crippen molar-refractivity contribution in [2.24, 2.45) is 0 Å². The smallest absolute Gasteiger partial charge is 0.318 e. The van der Waals surface area contributed by atoms with E-state index >= 15 is 0 Å². The third kappa shape index (κ3) is 7.44. The minimum absolute atomic E-state index is 0.0170. The number of benzene rings is 2. The van der Waals surface area contributed by atoms with E-state index in [-0.39, 0.29) is 18.5 Å². The summed E-state index contributed by atoms with van der Waals surface area (Å²) in [5.74, 6) is 0.706. The maximum Gasteiger partial charge on any atom is 0.318 e. The van der Waals surface area contributed by atoms with Crippen molar-refractivity contribution in [1.29, 1.82) is 0 Å². The van der Waals surface area contributed by atoms with Crippen LogP contribution in [0.5, 0.6) is 0 Å². The maximum atomic E-state index is 13.3. The fourth-order valence-corrected chi connectivity index (χ4v) is 4.60. The van der Waals surface area contributed by atoms with Crippen LogP contribution in [0.15, 0.2) is 66.7 Å². The van der Waals surface area contributed by atoms with Crippen LogP contribution in [0.1, 0.15) is 32.8 Å². The second-order valence-corrected chi connectivity index (χ2v) is 10.9. The van der Waals surface area contributed by atoms with Crippen LogP contribution in [-0.2, 0) is 11.3 Å².